The van der Waals surface area contributed by atoms with Gasteiger partial charge in [0, 0.05) is 17.8 Å². The number of nitrogens with one attached hydrogen (secondary N) is 2. The summed E-state index contributed by atoms with van der Waals surface area (Å²) in [7, 11) is 0. The highest BCUT2D eigenvalue weighted by Crippen LogP contribution is 2.29. The normalized spacial score (nSPS) is 11.9. The number of amides is 1. The third-order valence-corrected chi connectivity index (χ3v) is 3.79. The molecule has 0 aliphatic carbocycles. The Balaban J connectivity index is 1.79. The van der Waals surface area contributed by atoms with Crippen LogP contribution in [0.3, 0.4) is 0 Å². The van der Waals surface area contributed by atoms with Crippen molar-refractivity contribution in [3.63, 3.8) is 0 Å². The van der Waals surface area contributed by atoms with E-state index in [2.05, 4.69) is 22.5 Å². The quantitative estimate of drug-likeness (QED) is 0.409. The molecule has 0 heterocycles. The predicted octanol–water partition coefficient (Wildman–Crippen LogP) is 3.42. The fraction of sp³-hybridized carbons (Fsp3) is 0.263. The van der Waals surface area contributed by atoms with Crippen LogP contribution in [0.5, 0.6) is 0 Å². The lowest BCUT2D eigenvalue weighted by Crippen LogP contribution is -2.28. The summed E-state index contributed by atoms with van der Waals surface area (Å²) >= 11 is 0. The van der Waals surface area contributed by atoms with Crippen molar-refractivity contribution in [3.05, 3.63) is 65.2 Å². The molecular weight excluding hydrogens is 357 g/mol. The molecule has 0 aliphatic rings. The number of aliphatic imine (C=N–C) groups is 1. The largest absolute Gasteiger partial charge is 0.416 e. The van der Waals surface area contributed by atoms with E-state index in [4.69, 9.17) is 5.73 Å². The number of rotatable bonds is 6. The molecule has 0 spiro atoms. The van der Waals surface area contributed by atoms with E-state index in [1.807, 2.05) is 24.3 Å². The van der Waals surface area contributed by atoms with Gasteiger partial charge >= 0.3 is 6.18 Å². The number of benzene rings is 2. The number of aryl methyl sites for hydroxylation is 1. The van der Waals surface area contributed by atoms with Crippen LogP contribution in [0.25, 0.3) is 0 Å². The number of alkyl halides is 3. The number of nitrogens with two attached hydrogens (primary N) is 1. The number of hydrogen-bond acceptors (Lipinski definition) is 2. The maximum atomic E-state index is 12.5. The molecule has 2 aromatic carbocycles. The number of guanidine groups is 1. The minimum Gasteiger partial charge on any atom is -0.370 e. The number of carbonyl (C=O) groups excluding carboxylic acids is 1. The van der Waals surface area contributed by atoms with Crippen LogP contribution < -0.4 is 16.4 Å². The Hall–Kier alpha value is -3.03. The maximum absolute atomic E-state index is 12.5. The summed E-state index contributed by atoms with van der Waals surface area (Å²) < 4.78 is 37.5. The molecule has 0 saturated carbocycles. The zero-order chi connectivity index (χ0) is 19.9. The number of anilines is 1. The zero-order valence-electron chi connectivity index (χ0n) is 14.8. The summed E-state index contributed by atoms with van der Waals surface area (Å²) in [5, 5.41) is 5.52. The molecule has 8 heteroatoms. The van der Waals surface area contributed by atoms with E-state index >= 15 is 0 Å². The summed E-state index contributed by atoms with van der Waals surface area (Å²) in [5.74, 6) is -0.261. The monoisotopic (exact) mass is 378 g/mol. The van der Waals surface area contributed by atoms with Gasteiger partial charge in [-0.05, 0) is 48.4 Å². The fourth-order valence-corrected chi connectivity index (χ4v) is 2.27. The smallest absolute Gasteiger partial charge is 0.370 e. The molecule has 0 saturated heterocycles. The molecule has 1 amide bonds. The Morgan fingerprint density at radius 2 is 1.70 bits per heavy atom. The van der Waals surface area contributed by atoms with Gasteiger partial charge in [0.2, 0.25) is 0 Å². The number of hydrogen-bond donors (Lipinski definition) is 3. The molecule has 0 atom stereocenters. The Kier molecular flexibility index (Phi) is 6.81. The van der Waals surface area contributed by atoms with Gasteiger partial charge in [0.05, 0.1) is 12.1 Å². The first-order chi connectivity index (χ1) is 12.8. The van der Waals surface area contributed by atoms with Crippen molar-refractivity contribution in [2.24, 2.45) is 10.7 Å². The van der Waals surface area contributed by atoms with E-state index in [1.165, 1.54) is 5.56 Å². The highest BCUT2D eigenvalue weighted by atomic mass is 19.4. The van der Waals surface area contributed by atoms with Crippen LogP contribution in [0.4, 0.5) is 18.9 Å². The SMILES string of the molecule is CCc1ccc(NC(N)=NCCNC(=O)c2ccc(C(F)(F)F)cc2)cc1. The van der Waals surface area contributed by atoms with Gasteiger partial charge in [0.15, 0.2) is 5.96 Å². The Bertz CT molecular complexity index is 784. The molecule has 27 heavy (non-hydrogen) atoms. The van der Waals surface area contributed by atoms with Gasteiger partial charge in [0.25, 0.3) is 5.91 Å². The van der Waals surface area contributed by atoms with Crippen molar-refractivity contribution in [1.29, 1.82) is 0 Å². The number of nitrogens with zero attached hydrogens (tertiary/aromatic N) is 1. The van der Waals surface area contributed by atoms with Crippen molar-refractivity contribution in [2.75, 3.05) is 18.4 Å². The first-order valence-electron chi connectivity index (χ1n) is 8.41. The summed E-state index contributed by atoms with van der Waals surface area (Å²) in [6.07, 6.45) is -3.48. The highest BCUT2D eigenvalue weighted by Gasteiger charge is 2.30. The fourth-order valence-electron chi connectivity index (χ4n) is 2.27. The first kappa shape index (κ1) is 20.3. The van der Waals surface area contributed by atoms with E-state index in [0.29, 0.717) is 0 Å². The van der Waals surface area contributed by atoms with E-state index in [1.54, 1.807) is 0 Å². The maximum Gasteiger partial charge on any atom is 0.416 e. The van der Waals surface area contributed by atoms with Crippen molar-refractivity contribution in [3.8, 4) is 0 Å². The lowest BCUT2D eigenvalue weighted by Gasteiger charge is -2.08. The van der Waals surface area contributed by atoms with Crippen molar-refractivity contribution < 1.29 is 18.0 Å². The first-order valence-corrected chi connectivity index (χ1v) is 8.41. The lowest BCUT2D eigenvalue weighted by molar-refractivity contribution is -0.137. The molecule has 0 bridgehead atoms. The van der Waals surface area contributed by atoms with Gasteiger partial charge in [-0.15, -0.1) is 0 Å². The van der Waals surface area contributed by atoms with Gasteiger partial charge < -0.3 is 16.4 Å². The average molecular weight is 378 g/mol. The molecule has 4 N–H and O–H groups in total. The average Bonchev–Trinajstić information content (AvgIpc) is 2.65. The number of carbonyl (C=O) groups is 1. The zero-order valence-corrected chi connectivity index (χ0v) is 14.8. The van der Waals surface area contributed by atoms with Crippen molar-refractivity contribution in [1.82, 2.24) is 5.32 Å². The van der Waals surface area contributed by atoms with Crippen LogP contribution in [-0.4, -0.2) is 25.0 Å². The highest BCUT2D eigenvalue weighted by molar-refractivity contribution is 5.94. The topological polar surface area (TPSA) is 79.5 Å². The second-order valence-corrected chi connectivity index (χ2v) is 5.77. The number of halogens is 3. The Morgan fingerprint density at radius 1 is 1.07 bits per heavy atom. The minimum absolute atomic E-state index is 0.147. The summed E-state index contributed by atoms with van der Waals surface area (Å²) in [4.78, 5) is 16.0. The Labute approximate surface area is 155 Å². The van der Waals surface area contributed by atoms with E-state index in [0.717, 1.165) is 36.4 Å². The second kappa shape index (κ2) is 9.07. The van der Waals surface area contributed by atoms with Crippen LogP contribution in [-0.2, 0) is 12.6 Å². The lowest BCUT2D eigenvalue weighted by atomic mass is 10.1. The summed E-state index contributed by atoms with van der Waals surface area (Å²) in [6.45, 7) is 2.51. The molecular formula is C19H21F3N4O. The van der Waals surface area contributed by atoms with E-state index < -0.39 is 17.6 Å². The minimum atomic E-state index is -4.43. The van der Waals surface area contributed by atoms with Crippen molar-refractivity contribution >= 4 is 17.6 Å². The van der Waals surface area contributed by atoms with Crippen LogP contribution in [0, 0.1) is 0 Å². The van der Waals surface area contributed by atoms with Crippen LogP contribution in [0.2, 0.25) is 0 Å². The standard InChI is InChI=1S/C19H21F3N4O/c1-2-13-3-9-16(10-4-13)26-18(23)25-12-11-24-17(27)14-5-7-15(8-6-14)19(20,21)22/h3-10H,2,11-12H2,1H3,(H,24,27)(H3,23,25,26). The molecule has 0 aliphatic heterocycles. The van der Waals surface area contributed by atoms with Gasteiger partial charge in [-0.2, -0.15) is 13.2 Å². The second-order valence-electron chi connectivity index (χ2n) is 5.77. The van der Waals surface area contributed by atoms with Gasteiger partial charge in [-0.3, -0.25) is 9.79 Å². The summed E-state index contributed by atoms with van der Waals surface area (Å²) in [5.41, 5.74) is 7.15. The molecule has 0 fully saturated rings. The molecule has 2 aromatic rings. The summed E-state index contributed by atoms with van der Waals surface area (Å²) in [6, 6.07) is 11.8. The van der Waals surface area contributed by atoms with Crippen LogP contribution in [0.15, 0.2) is 53.5 Å². The molecule has 0 radical (unpaired) electrons. The predicted molar refractivity (Wildman–Crippen MR) is 99.7 cm³/mol. The van der Waals surface area contributed by atoms with Gasteiger partial charge in [-0.25, -0.2) is 0 Å². The molecule has 5 nitrogen and oxygen atoms in total. The molecule has 0 unspecified atom stereocenters. The van der Waals surface area contributed by atoms with Crippen LogP contribution in [0.1, 0.15) is 28.4 Å². The Morgan fingerprint density at radius 3 is 2.26 bits per heavy atom. The molecule has 2 rings (SSSR count). The van der Waals surface area contributed by atoms with Gasteiger partial charge in [0.1, 0.15) is 0 Å². The molecule has 144 valence electrons. The van der Waals surface area contributed by atoms with E-state index in [9.17, 15) is 18.0 Å². The molecule has 0 aromatic heterocycles. The van der Waals surface area contributed by atoms with Crippen molar-refractivity contribution in [2.45, 2.75) is 19.5 Å². The van der Waals surface area contributed by atoms with Crippen LogP contribution >= 0.6 is 0 Å². The third kappa shape index (κ3) is 6.32. The van der Waals surface area contributed by atoms with Gasteiger partial charge in [-0.1, -0.05) is 19.1 Å². The van der Waals surface area contributed by atoms with E-state index in [-0.39, 0.29) is 24.6 Å². The third-order valence-electron chi connectivity index (χ3n) is 3.79.